The number of aliphatic hydroxyl groups excluding tert-OH is 1. The summed E-state index contributed by atoms with van der Waals surface area (Å²) in [5, 5.41) is 9.42. The van der Waals surface area contributed by atoms with E-state index < -0.39 is 0 Å². The van der Waals surface area contributed by atoms with E-state index in [1.807, 2.05) is 0 Å². The van der Waals surface area contributed by atoms with E-state index in [-0.39, 0.29) is 6.61 Å². The van der Waals surface area contributed by atoms with Gasteiger partial charge in [-0.15, -0.1) is 0 Å². The Kier molecular flexibility index (Phi) is 6.03. The van der Waals surface area contributed by atoms with E-state index >= 15 is 0 Å². The number of anilines is 1. The van der Waals surface area contributed by atoms with Gasteiger partial charge in [-0.1, -0.05) is 25.1 Å². The van der Waals surface area contributed by atoms with E-state index in [4.69, 9.17) is 0 Å². The van der Waals surface area contributed by atoms with Crippen LogP contribution in [0.5, 0.6) is 0 Å². The first-order valence-corrected chi connectivity index (χ1v) is 7.98. The van der Waals surface area contributed by atoms with Crippen LogP contribution in [0.25, 0.3) is 0 Å². The Labute approximate surface area is 129 Å². The third-order valence-corrected chi connectivity index (χ3v) is 4.47. The lowest BCUT2D eigenvalue weighted by molar-refractivity contribution is 0.0609. The Bertz CT molecular complexity index is 424. The van der Waals surface area contributed by atoms with E-state index in [0.29, 0.717) is 6.04 Å². The van der Waals surface area contributed by atoms with Crippen LogP contribution in [-0.4, -0.2) is 67.8 Å². The molecule has 1 fully saturated rings. The molecule has 0 radical (unpaired) electrons. The van der Waals surface area contributed by atoms with Gasteiger partial charge >= 0.3 is 0 Å². The van der Waals surface area contributed by atoms with Gasteiger partial charge in [0.2, 0.25) is 0 Å². The topological polar surface area (TPSA) is 30.0 Å². The van der Waals surface area contributed by atoms with E-state index in [1.54, 1.807) is 0 Å². The Hall–Kier alpha value is -1.10. The molecule has 0 bridgehead atoms. The fourth-order valence-corrected chi connectivity index (χ4v) is 3.11. The third-order valence-electron chi connectivity index (χ3n) is 4.47. The molecular weight excluding hydrogens is 262 g/mol. The van der Waals surface area contributed by atoms with Crippen molar-refractivity contribution in [3.8, 4) is 0 Å². The maximum Gasteiger partial charge on any atom is 0.0586 e. The second-order valence-corrected chi connectivity index (χ2v) is 6.08. The average molecular weight is 291 g/mol. The molecule has 1 aliphatic rings. The Morgan fingerprint density at radius 1 is 1.14 bits per heavy atom. The van der Waals surface area contributed by atoms with Gasteiger partial charge in [-0.25, -0.2) is 0 Å². The van der Waals surface area contributed by atoms with Crippen molar-refractivity contribution in [1.29, 1.82) is 0 Å². The molecule has 1 aromatic carbocycles. The smallest absolute Gasteiger partial charge is 0.0586 e. The SMILES string of the molecule is CCC(CO)N1CCN(Cc2ccccc2N(C)C)CC1. The molecule has 1 atom stereocenters. The first kappa shape index (κ1) is 16.3. The van der Waals surface area contributed by atoms with Crippen LogP contribution in [0.1, 0.15) is 18.9 Å². The third kappa shape index (κ3) is 4.19. The van der Waals surface area contributed by atoms with Crippen LogP contribution in [0.2, 0.25) is 0 Å². The maximum atomic E-state index is 9.42. The number of nitrogens with zero attached hydrogens (tertiary/aromatic N) is 3. The molecule has 1 saturated heterocycles. The molecule has 21 heavy (non-hydrogen) atoms. The number of aliphatic hydroxyl groups is 1. The van der Waals surface area contributed by atoms with Gasteiger partial charge in [0, 0.05) is 58.5 Å². The van der Waals surface area contributed by atoms with Crippen LogP contribution in [0.4, 0.5) is 5.69 Å². The zero-order valence-electron chi connectivity index (χ0n) is 13.6. The molecule has 4 heteroatoms. The van der Waals surface area contributed by atoms with Gasteiger partial charge in [-0.05, 0) is 18.1 Å². The lowest BCUT2D eigenvalue weighted by atomic mass is 10.1. The minimum absolute atomic E-state index is 0.278. The summed E-state index contributed by atoms with van der Waals surface area (Å²) in [4.78, 5) is 7.13. The highest BCUT2D eigenvalue weighted by atomic mass is 16.3. The summed E-state index contributed by atoms with van der Waals surface area (Å²) in [7, 11) is 4.20. The van der Waals surface area contributed by atoms with Gasteiger partial charge in [0.25, 0.3) is 0 Å². The predicted octanol–water partition coefficient (Wildman–Crippen LogP) is 1.64. The molecule has 2 rings (SSSR count). The second kappa shape index (κ2) is 7.78. The highest BCUT2D eigenvalue weighted by molar-refractivity contribution is 5.52. The number of benzene rings is 1. The minimum atomic E-state index is 0.278. The quantitative estimate of drug-likeness (QED) is 0.863. The molecule has 0 aliphatic carbocycles. The highest BCUT2D eigenvalue weighted by Crippen LogP contribution is 2.20. The number of hydrogen-bond donors (Lipinski definition) is 1. The number of hydrogen-bond acceptors (Lipinski definition) is 4. The molecule has 1 aliphatic heterocycles. The zero-order chi connectivity index (χ0) is 15.2. The molecule has 4 nitrogen and oxygen atoms in total. The zero-order valence-corrected chi connectivity index (χ0v) is 13.6. The number of piperazine rings is 1. The fourth-order valence-electron chi connectivity index (χ4n) is 3.11. The monoisotopic (exact) mass is 291 g/mol. The maximum absolute atomic E-state index is 9.42. The normalized spacial score (nSPS) is 18.7. The summed E-state index contributed by atoms with van der Waals surface area (Å²) in [6.45, 7) is 7.72. The molecular formula is C17H29N3O. The lowest BCUT2D eigenvalue weighted by Crippen LogP contribution is -2.50. The van der Waals surface area contributed by atoms with E-state index in [2.05, 4.69) is 60.0 Å². The summed E-state index contributed by atoms with van der Waals surface area (Å²) in [5.41, 5.74) is 2.70. The molecule has 118 valence electrons. The molecule has 1 unspecified atom stereocenters. The Morgan fingerprint density at radius 2 is 1.81 bits per heavy atom. The van der Waals surface area contributed by atoms with Crippen LogP contribution in [0, 0.1) is 0 Å². The van der Waals surface area contributed by atoms with Crippen LogP contribution in [-0.2, 0) is 6.54 Å². The number of para-hydroxylation sites is 1. The van der Waals surface area contributed by atoms with Crippen LogP contribution < -0.4 is 4.90 Å². The Balaban J connectivity index is 1.92. The summed E-state index contributed by atoms with van der Waals surface area (Å²) in [6, 6.07) is 8.97. The standard InChI is InChI=1S/C17H29N3O/c1-4-16(14-21)20-11-9-19(10-12-20)13-15-7-5-6-8-17(15)18(2)3/h5-8,16,21H,4,9-14H2,1-3H3. The van der Waals surface area contributed by atoms with Crippen LogP contribution in [0.3, 0.4) is 0 Å². The number of rotatable bonds is 6. The van der Waals surface area contributed by atoms with Gasteiger partial charge in [0.15, 0.2) is 0 Å². The molecule has 0 aromatic heterocycles. The fraction of sp³-hybridized carbons (Fsp3) is 0.647. The van der Waals surface area contributed by atoms with Gasteiger partial charge in [0.05, 0.1) is 6.61 Å². The van der Waals surface area contributed by atoms with Gasteiger partial charge < -0.3 is 10.0 Å². The van der Waals surface area contributed by atoms with Gasteiger partial charge in [-0.3, -0.25) is 9.80 Å². The van der Waals surface area contributed by atoms with Crippen molar-refractivity contribution >= 4 is 5.69 Å². The van der Waals surface area contributed by atoms with E-state index in [0.717, 1.165) is 39.1 Å². The Morgan fingerprint density at radius 3 is 2.38 bits per heavy atom. The lowest BCUT2D eigenvalue weighted by Gasteiger charge is -2.38. The largest absolute Gasteiger partial charge is 0.395 e. The van der Waals surface area contributed by atoms with Crippen molar-refractivity contribution in [3.63, 3.8) is 0 Å². The van der Waals surface area contributed by atoms with Crippen LogP contribution >= 0.6 is 0 Å². The molecule has 0 spiro atoms. The van der Waals surface area contributed by atoms with Crippen molar-refractivity contribution in [2.75, 3.05) is 51.8 Å². The summed E-state index contributed by atoms with van der Waals surface area (Å²) < 4.78 is 0. The summed E-state index contributed by atoms with van der Waals surface area (Å²) in [5.74, 6) is 0. The van der Waals surface area contributed by atoms with Crippen molar-refractivity contribution in [2.24, 2.45) is 0 Å². The highest BCUT2D eigenvalue weighted by Gasteiger charge is 2.22. The molecule has 1 aromatic rings. The average Bonchev–Trinajstić information content (AvgIpc) is 2.50. The van der Waals surface area contributed by atoms with E-state index in [1.165, 1.54) is 11.3 Å². The summed E-state index contributed by atoms with van der Waals surface area (Å²) >= 11 is 0. The van der Waals surface area contributed by atoms with Gasteiger partial charge in [-0.2, -0.15) is 0 Å². The predicted molar refractivity (Wildman–Crippen MR) is 88.8 cm³/mol. The van der Waals surface area contributed by atoms with Crippen molar-refractivity contribution in [3.05, 3.63) is 29.8 Å². The van der Waals surface area contributed by atoms with E-state index in [9.17, 15) is 5.11 Å². The van der Waals surface area contributed by atoms with Crippen molar-refractivity contribution < 1.29 is 5.11 Å². The second-order valence-electron chi connectivity index (χ2n) is 6.08. The minimum Gasteiger partial charge on any atom is -0.395 e. The van der Waals surface area contributed by atoms with Crippen molar-refractivity contribution in [2.45, 2.75) is 25.9 Å². The van der Waals surface area contributed by atoms with Gasteiger partial charge in [0.1, 0.15) is 0 Å². The van der Waals surface area contributed by atoms with Crippen molar-refractivity contribution in [1.82, 2.24) is 9.80 Å². The molecule has 0 saturated carbocycles. The van der Waals surface area contributed by atoms with Crippen LogP contribution in [0.15, 0.2) is 24.3 Å². The first-order valence-electron chi connectivity index (χ1n) is 7.98. The molecule has 1 N–H and O–H groups in total. The first-order chi connectivity index (χ1) is 10.2. The molecule has 1 heterocycles. The molecule has 0 amide bonds. The summed E-state index contributed by atoms with van der Waals surface area (Å²) in [6.07, 6.45) is 1.03.